The van der Waals surface area contributed by atoms with E-state index in [1.165, 1.54) is 0 Å². The maximum absolute atomic E-state index is 12.0. The van der Waals surface area contributed by atoms with Gasteiger partial charge in [-0.25, -0.2) is 4.98 Å². The summed E-state index contributed by atoms with van der Waals surface area (Å²) in [7, 11) is 0. The predicted molar refractivity (Wildman–Crippen MR) is 80.5 cm³/mol. The van der Waals surface area contributed by atoms with Gasteiger partial charge >= 0.3 is 0 Å². The molecule has 20 heavy (non-hydrogen) atoms. The third-order valence-corrected chi connectivity index (χ3v) is 3.55. The number of carbonyl (C=O) groups excluding carboxylic acids is 1. The summed E-state index contributed by atoms with van der Waals surface area (Å²) in [5.74, 6) is -0.0827. The van der Waals surface area contributed by atoms with Crippen molar-refractivity contribution in [2.75, 3.05) is 0 Å². The molecule has 0 saturated carbocycles. The van der Waals surface area contributed by atoms with Crippen molar-refractivity contribution in [2.45, 2.75) is 6.54 Å². The van der Waals surface area contributed by atoms with Gasteiger partial charge in [0.2, 0.25) is 0 Å². The number of nitrogens with one attached hydrogen (secondary N) is 1. The van der Waals surface area contributed by atoms with Crippen LogP contribution in [0.4, 0.5) is 0 Å². The van der Waals surface area contributed by atoms with E-state index in [0.29, 0.717) is 12.1 Å². The van der Waals surface area contributed by atoms with Crippen LogP contribution in [0.1, 0.15) is 15.9 Å². The van der Waals surface area contributed by atoms with Gasteiger partial charge in [0, 0.05) is 35.2 Å². The molecule has 100 valence electrons. The number of fused-ring (bicyclic) bond motifs is 1. The van der Waals surface area contributed by atoms with E-state index < -0.39 is 0 Å². The van der Waals surface area contributed by atoms with Crippen molar-refractivity contribution in [1.82, 2.24) is 14.7 Å². The fourth-order valence-electron chi connectivity index (χ4n) is 1.95. The number of nitrogens with zero attached hydrogens (tertiary/aromatic N) is 2. The number of benzene rings is 1. The number of rotatable bonds is 3. The molecule has 3 rings (SSSR count). The topological polar surface area (TPSA) is 46.4 Å². The predicted octanol–water partition coefficient (Wildman–Crippen LogP) is 3.03. The molecule has 0 spiro atoms. The van der Waals surface area contributed by atoms with Crippen LogP contribution < -0.4 is 5.32 Å². The van der Waals surface area contributed by atoms with Crippen molar-refractivity contribution in [1.29, 1.82) is 0 Å². The Morgan fingerprint density at radius 3 is 2.80 bits per heavy atom. The number of imidazole rings is 1. The molecule has 0 atom stereocenters. The molecule has 0 fully saturated rings. The molecule has 3 aromatic rings. The third kappa shape index (κ3) is 2.72. The van der Waals surface area contributed by atoms with Crippen LogP contribution in [-0.4, -0.2) is 15.3 Å². The van der Waals surface area contributed by atoms with Crippen LogP contribution in [-0.2, 0) is 6.54 Å². The first-order valence-electron chi connectivity index (χ1n) is 6.18. The minimum atomic E-state index is -0.0827. The highest BCUT2D eigenvalue weighted by Gasteiger charge is 2.05. The Morgan fingerprint density at radius 2 is 2.00 bits per heavy atom. The first-order chi connectivity index (χ1) is 9.72. The zero-order valence-electron chi connectivity index (χ0n) is 10.6. The lowest BCUT2D eigenvalue weighted by atomic mass is 10.2. The fourth-order valence-corrected chi connectivity index (χ4v) is 2.21. The van der Waals surface area contributed by atoms with Gasteiger partial charge in [-0.15, -0.1) is 0 Å². The molecule has 1 aromatic carbocycles. The quantitative estimate of drug-likeness (QED) is 0.802. The lowest BCUT2D eigenvalue weighted by Crippen LogP contribution is -2.22. The van der Waals surface area contributed by atoms with E-state index in [9.17, 15) is 4.79 Å². The van der Waals surface area contributed by atoms with Crippen LogP contribution in [0.5, 0.6) is 0 Å². The minimum absolute atomic E-state index is 0.0827. The standard InChI is InChI=1S/C15H12BrN3O/c16-13-3-1-12(2-4-13)15(20)18-10-11-5-7-19-8-6-17-14(19)9-11/h1-9H,10H2,(H,18,20). The molecule has 0 aliphatic heterocycles. The molecule has 2 aromatic heterocycles. The van der Waals surface area contributed by atoms with E-state index in [2.05, 4.69) is 26.2 Å². The Labute approximate surface area is 124 Å². The second-order valence-corrected chi connectivity index (χ2v) is 5.33. The molecule has 0 aliphatic rings. The summed E-state index contributed by atoms with van der Waals surface area (Å²) in [6.45, 7) is 0.484. The Hall–Kier alpha value is -2.14. The molecule has 5 heteroatoms. The fraction of sp³-hybridized carbons (Fsp3) is 0.0667. The van der Waals surface area contributed by atoms with Crippen LogP contribution in [0, 0.1) is 0 Å². The Balaban J connectivity index is 1.69. The van der Waals surface area contributed by atoms with E-state index in [1.807, 2.05) is 41.1 Å². The van der Waals surface area contributed by atoms with Crippen molar-refractivity contribution in [3.05, 3.63) is 70.6 Å². The molecule has 4 nitrogen and oxygen atoms in total. The summed E-state index contributed by atoms with van der Waals surface area (Å²) in [5, 5.41) is 2.90. The smallest absolute Gasteiger partial charge is 0.251 e. The summed E-state index contributed by atoms with van der Waals surface area (Å²) in [4.78, 5) is 16.2. The number of amides is 1. The number of hydrogen-bond acceptors (Lipinski definition) is 2. The maximum atomic E-state index is 12.0. The van der Waals surface area contributed by atoms with Gasteiger partial charge in [0.05, 0.1) is 0 Å². The Morgan fingerprint density at radius 1 is 1.20 bits per heavy atom. The van der Waals surface area contributed by atoms with Gasteiger partial charge in [0.15, 0.2) is 0 Å². The van der Waals surface area contributed by atoms with Gasteiger partial charge in [0.1, 0.15) is 5.65 Å². The van der Waals surface area contributed by atoms with Crippen LogP contribution in [0.3, 0.4) is 0 Å². The highest BCUT2D eigenvalue weighted by molar-refractivity contribution is 9.10. The molecule has 0 bridgehead atoms. The highest BCUT2D eigenvalue weighted by Crippen LogP contribution is 2.11. The second-order valence-electron chi connectivity index (χ2n) is 4.42. The summed E-state index contributed by atoms with van der Waals surface area (Å²) < 4.78 is 2.89. The van der Waals surface area contributed by atoms with Crippen LogP contribution in [0.25, 0.3) is 5.65 Å². The normalized spacial score (nSPS) is 10.7. The molecule has 1 amide bonds. The number of pyridine rings is 1. The zero-order chi connectivity index (χ0) is 13.9. The first kappa shape index (κ1) is 12.9. The lowest BCUT2D eigenvalue weighted by molar-refractivity contribution is 0.0951. The van der Waals surface area contributed by atoms with Gasteiger partial charge in [-0.3, -0.25) is 4.79 Å². The summed E-state index contributed by atoms with van der Waals surface area (Å²) >= 11 is 3.35. The van der Waals surface area contributed by atoms with E-state index in [4.69, 9.17) is 0 Å². The summed E-state index contributed by atoms with van der Waals surface area (Å²) in [5.41, 5.74) is 2.55. The van der Waals surface area contributed by atoms with Gasteiger partial charge in [0.25, 0.3) is 5.91 Å². The lowest BCUT2D eigenvalue weighted by Gasteiger charge is -2.06. The van der Waals surface area contributed by atoms with E-state index in [1.54, 1.807) is 18.3 Å². The molecule has 0 saturated heterocycles. The summed E-state index contributed by atoms with van der Waals surface area (Å²) in [6, 6.07) is 11.2. The molecule has 1 N–H and O–H groups in total. The van der Waals surface area contributed by atoms with Gasteiger partial charge < -0.3 is 9.72 Å². The molecular weight excluding hydrogens is 318 g/mol. The van der Waals surface area contributed by atoms with Crippen LogP contribution >= 0.6 is 15.9 Å². The molecule has 0 unspecified atom stereocenters. The van der Waals surface area contributed by atoms with Crippen molar-refractivity contribution < 1.29 is 4.79 Å². The number of hydrogen-bond donors (Lipinski definition) is 1. The molecular formula is C15H12BrN3O. The van der Waals surface area contributed by atoms with E-state index in [0.717, 1.165) is 15.7 Å². The molecule has 2 heterocycles. The van der Waals surface area contributed by atoms with E-state index >= 15 is 0 Å². The average Bonchev–Trinajstić information content (AvgIpc) is 2.93. The van der Waals surface area contributed by atoms with Crippen molar-refractivity contribution in [3.63, 3.8) is 0 Å². The summed E-state index contributed by atoms with van der Waals surface area (Å²) in [6.07, 6.45) is 5.57. The number of carbonyl (C=O) groups is 1. The van der Waals surface area contributed by atoms with Crippen molar-refractivity contribution in [3.8, 4) is 0 Å². The number of halogens is 1. The Bertz CT molecular complexity index is 749. The average molecular weight is 330 g/mol. The molecule has 0 aliphatic carbocycles. The zero-order valence-corrected chi connectivity index (χ0v) is 12.2. The van der Waals surface area contributed by atoms with Crippen LogP contribution in [0.15, 0.2) is 59.5 Å². The highest BCUT2D eigenvalue weighted by atomic mass is 79.9. The van der Waals surface area contributed by atoms with Gasteiger partial charge in [-0.05, 0) is 42.0 Å². The van der Waals surface area contributed by atoms with Crippen molar-refractivity contribution >= 4 is 27.5 Å². The first-order valence-corrected chi connectivity index (χ1v) is 6.97. The number of aromatic nitrogens is 2. The SMILES string of the molecule is O=C(NCc1ccn2ccnc2c1)c1ccc(Br)cc1. The van der Waals surface area contributed by atoms with E-state index in [-0.39, 0.29) is 5.91 Å². The van der Waals surface area contributed by atoms with Crippen LogP contribution in [0.2, 0.25) is 0 Å². The van der Waals surface area contributed by atoms with Gasteiger partial charge in [-0.1, -0.05) is 15.9 Å². The molecule has 0 radical (unpaired) electrons. The second kappa shape index (κ2) is 5.46. The van der Waals surface area contributed by atoms with Gasteiger partial charge in [-0.2, -0.15) is 0 Å². The Kier molecular flexibility index (Phi) is 3.52. The maximum Gasteiger partial charge on any atom is 0.251 e. The minimum Gasteiger partial charge on any atom is -0.348 e. The largest absolute Gasteiger partial charge is 0.348 e. The monoisotopic (exact) mass is 329 g/mol. The van der Waals surface area contributed by atoms with Crippen molar-refractivity contribution in [2.24, 2.45) is 0 Å². The third-order valence-electron chi connectivity index (χ3n) is 3.02.